The Balaban J connectivity index is 2.59. The topological polar surface area (TPSA) is 50.5 Å². The van der Waals surface area contributed by atoms with Crippen LogP contribution < -0.4 is 5.63 Å². The van der Waals surface area contributed by atoms with Crippen LogP contribution in [0.25, 0.3) is 0 Å². The maximum atomic E-state index is 12.4. The zero-order chi connectivity index (χ0) is 13.3. The van der Waals surface area contributed by atoms with Crippen molar-refractivity contribution in [2.45, 2.75) is 19.8 Å². The van der Waals surface area contributed by atoms with Gasteiger partial charge in [-0.05, 0) is 12.0 Å². The summed E-state index contributed by atoms with van der Waals surface area (Å²) in [6, 6.07) is 1.39. The second-order valence-electron chi connectivity index (χ2n) is 4.19. The second kappa shape index (κ2) is 4.64. The molecule has 1 aromatic rings. The smallest absolute Gasteiger partial charge is 0.336 e. The summed E-state index contributed by atoms with van der Waals surface area (Å²) in [7, 11) is 0. The lowest BCUT2D eigenvalue weighted by atomic mass is 9.97. The highest BCUT2D eigenvalue weighted by atomic mass is 16.4. The van der Waals surface area contributed by atoms with E-state index >= 15 is 0 Å². The first-order valence-corrected chi connectivity index (χ1v) is 5.85. The van der Waals surface area contributed by atoms with Crippen molar-refractivity contribution in [3.05, 3.63) is 58.3 Å². The summed E-state index contributed by atoms with van der Waals surface area (Å²) in [6.45, 7) is 9.79. The second-order valence-corrected chi connectivity index (χ2v) is 4.19. The molecule has 0 unspecified atom stereocenters. The van der Waals surface area contributed by atoms with Gasteiger partial charge in [-0.1, -0.05) is 19.6 Å². The Morgan fingerprint density at radius 3 is 2.83 bits per heavy atom. The lowest BCUT2D eigenvalue weighted by Gasteiger charge is -2.29. The van der Waals surface area contributed by atoms with Crippen LogP contribution in [0.5, 0.6) is 0 Å². The first-order chi connectivity index (χ1) is 8.58. The van der Waals surface area contributed by atoms with Gasteiger partial charge in [0, 0.05) is 24.7 Å². The van der Waals surface area contributed by atoms with E-state index in [1.807, 2.05) is 6.92 Å². The largest absolute Gasteiger partial charge is 0.427 e. The molecule has 0 fully saturated rings. The van der Waals surface area contributed by atoms with Gasteiger partial charge in [-0.15, -0.1) is 6.58 Å². The Kier molecular flexibility index (Phi) is 3.19. The van der Waals surface area contributed by atoms with Crippen molar-refractivity contribution in [1.82, 2.24) is 4.90 Å². The SMILES string of the molecule is C=CCN1C(=C)Cc2oc(=O)cc(CC)c2C1=O. The van der Waals surface area contributed by atoms with Crippen LogP contribution in [-0.4, -0.2) is 17.4 Å². The van der Waals surface area contributed by atoms with E-state index < -0.39 is 5.63 Å². The minimum absolute atomic E-state index is 0.165. The van der Waals surface area contributed by atoms with Gasteiger partial charge >= 0.3 is 5.63 Å². The zero-order valence-corrected chi connectivity index (χ0v) is 10.4. The number of fused-ring (bicyclic) bond motifs is 1. The molecule has 0 bridgehead atoms. The van der Waals surface area contributed by atoms with Crippen molar-refractivity contribution >= 4 is 5.91 Å². The highest BCUT2D eigenvalue weighted by Crippen LogP contribution is 2.26. The van der Waals surface area contributed by atoms with Crippen molar-refractivity contribution in [1.29, 1.82) is 0 Å². The summed E-state index contributed by atoms with van der Waals surface area (Å²) in [6.07, 6.45) is 2.66. The first kappa shape index (κ1) is 12.4. The van der Waals surface area contributed by atoms with Gasteiger partial charge in [0.25, 0.3) is 5.91 Å². The highest BCUT2D eigenvalue weighted by Gasteiger charge is 2.30. The Morgan fingerprint density at radius 2 is 2.22 bits per heavy atom. The number of rotatable bonds is 3. The summed E-state index contributed by atoms with van der Waals surface area (Å²) >= 11 is 0. The van der Waals surface area contributed by atoms with Crippen molar-refractivity contribution in [2.75, 3.05) is 6.54 Å². The minimum Gasteiger partial charge on any atom is -0.427 e. The third-order valence-corrected chi connectivity index (χ3v) is 3.01. The standard InChI is InChI=1S/C14H15NO3/c1-4-6-15-9(3)7-11-13(14(15)17)10(5-2)8-12(16)18-11/h4,8H,1,3,5-7H2,2H3. The summed E-state index contributed by atoms with van der Waals surface area (Å²) in [5.41, 5.74) is 1.45. The third-order valence-electron chi connectivity index (χ3n) is 3.01. The summed E-state index contributed by atoms with van der Waals surface area (Å²) in [5, 5.41) is 0. The van der Waals surface area contributed by atoms with Crippen molar-refractivity contribution in [3.63, 3.8) is 0 Å². The Labute approximate surface area is 105 Å². The minimum atomic E-state index is -0.414. The van der Waals surface area contributed by atoms with Crippen LogP contribution in [0.4, 0.5) is 0 Å². The molecule has 0 radical (unpaired) electrons. The molecule has 0 aliphatic carbocycles. The maximum Gasteiger partial charge on any atom is 0.336 e. The molecule has 4 nitrogen and oxygen atoms in total. The van der Waals surface area contributed by atoms with E-state index in [0.717, 1.165) is 5.56 Å². The molecular weight excluding hydrogens is 230 g/mol. The van der Waals surface area contributed by atoms with Gasteiger partial charge in [-0.3, -0.25) is 4.79 Å². The van der Waals surface area contributed by atoms with Gasteiger partial charge in [0.05, 0.1) is 5.56 Å². The van der Waals surface area contributed by atoms with Crippen LogP contribution >= 0.6 is 0 Å². The van der Waals surface area contributed by atoms with Crippen LogP contribution in [0.2, 0.25) is 0 Å². The third kappa shape index (κ3) is 1.90. The fraction of sp³-hybridized carbons (Fsp3) is 0.286. The van der Waals surface area contributed by atoms with Crippen LogP contribution in [0.1, 0.15) is 28.6 Å². The van der Waals surface area contributed by atoms with Gasteiger partial charge < -0.3 is 9.32 Å². The molecule has 2 heterocycles. The van der Waals surface area contributed by atoms with E-state index in [1.165, 1.54) is 6.07 Å². The molecule has 0 atom stereocenters. The molecule has 94 valence electrons. The Bertz CT molecular complexity index is 583. The maximum absolute atomic E-state index is 12.4. The van der Waals surface area contributed by atoms with E-state index in [0.29, 0.717) is 36.4 Å². The summed E-state index contributed by atoms with van der Waals surface area (Å²) < 4.78 is 5.12. The van der Waals surface area contributed by atoms with E-state index in [4.69, 9.17) is 4.42 Å². The molecule has 4 heteroatoms. The predicted octanol–water partition coefficient (Wildman–Crippen LogP) is 1.90. The van der Waals surface area contributed by atoms with E-state index in [1.54, 1.807) is 11.0 Å². The average Bonchev–Trinajstić information content (AvgIpc) is 2.32. The van der Waals surface area contributed by atoms with E-state index in [-0.39, 0.29) is 5.91 Å². The predicted molar refractivity (Wildman–Crippen MR) is 68.4 cm³/mol. The molecule has 1 aliphatic rings. The quantitative estimate of drug-likeness (QED) is 0.764. The fourth-order valence-corrected chi connectivity index (χ4v) is 2.16. The monoisotopic (exact) mass is 245 g/mol. The van der Waals surface area contributed by atoms with E-state index in [9.17, 15) is 9.59 Å². The number of aryl methyl sites for hydroxylation is 1. The van der Waals surface area contributed by atoms with Crippen molar-refractivity contribution < 1.29 is 9.21 Å². The molecular formula is C14H15NO3. The number of nitrogens with zero attached hydrogens (tertiary/aromatic N) is 1. The molecule has 1 amide bonds. The Morgan fingerprint density at radius 1 is 1.50 bits per heavy atom. The number of allylic oxidation sites excluding steroid dienone is 1. The fourth-order valence-electron chi connectivity index (χ4n) is 2.16. The lowest BCUT2D eigenvalue weighted by Crippen LogP contribution is -2.37. The number of amides is 1. The van der Waals surface area contributed by atoms with Crippen LogP contribution in [-0.2, 0) is 12.8 Å². The molecule has 0 saturated carbocycles. The van der Waals surface area contributed by atoms with Gasteiger partial charge in [-0.25, -0.2) is 4.79 Å². The van der Waals surface area contributed by atoms with Gasteiger partial charge in [0.2, 0.25) is 0 Å². The van der Waals surface area contributed by atoms with Gasteiger partial charge in [-0.2, -0.15) is 0 Å². The summed E-state index contributed by atoms with van der Waals surface area (Å²) in [4.78, 5) is 25.3. The molecule has 0 N–H and O–H groups in total. The lowest BCUT2D eigenvalue weighted by molar-refractivity contribution is 0.0796. The van der Waals surface area contributed by atoms with Crippen LogP contribution in [0.15, 0.2) is 40.2 Å². The van der Waals surface area contributed by atoms with Crippen LogP contribution in [0.3, 0.4) is 0 Å². The van der Waals surface area contributed by atoms with E-state index in [2.05, 4.69) is 13.2 Å². The van der Waals surface area contributed by atoms with Gasteiger partial charge in [0.15, 0.2) is 0 Å². The molecule has 0 aromatic carbocycles. The van der Waals surface area contributed by atoms with Crippen LogP contribution in [0, 0.1) is 0 Å². The zero-order valence-electron chi connectivity index (χ0n) is 10.4. The first-order valence-electron chi connectivity index (χ1n) is 5.85. The Hall–Kier alpha value is -2.10. The number of hydrogen-bond donors (Lipinski definition) is 0. The average molecular weight is 245 g/mol. The normalized spacial score (nSPS) is 14.6. The number of hydrogen-bond acceptors (Lipinski definition) is 3. The molecule has 2 rings (SSSR count). The summed E-state index contributed by atoms with van der Waals surface area (Å²) in [5.74, 6) is 0.261. The molecule has 18 heavy (non-hydrogen) atoms. The molecule has 1 aromatic heterocycles. The van der Waals surface area contributed by atoms with Crippen molar-refractivity contribution in [2.24, 2.45) is 0 Å². The number of carbonyl (C=O) groups is 1. The molecule has 0 spiro atoms. The molecule has 0 saturated heterocycles. The van der Waals surface area contributed by atoms with Gasteiger partial charge in [0.1, 0.15) is 5.76 Å². The van der Waals surface area contributed by atoms with Crippen molar-refractivity contribution in [3.8, 4) is 0 Å². The molecule has 1 aliphatic heterocycles. The highest BCUT2D eigenvalue weighted by molar-refractivity contribution is 5.99. The number of carbonyl (C=O) groups excluding carboxylic acids is 1.